The van der Waals surface area contributed by atoms with Crippen molar-refractivity contribution in [3.05, 3.63) is 17.0 Å². The lowest BCUT2D eigenvalue weighted by Crippen LogP contribution is -2.14. The zero-order valence-corrected chi connectivity index (χ0v) is 8.04. The van der Waals surface area contributed by atoms with Gasteiger partial charge in [0.2, 0.25) is 0 Å². The highest BCUT2D eigenvalue weighted by atomic mass is 16.5. The smallest absolute Gasteiger partial charge is 0.269 e. The lowest BCUT2D eigenvalue weighted by atomic mass is 10.1. The number of carbonyl (C=O) groups excluding carboxylic acids is 1. The molecular weight excluding hydrogens is 182 g/mol. The van der Waals surface area contributed by atoms with Crippen LogP contribution in [0.25, 0.3) is 0 Å². The summed E-state index contributed by atoms with van der Waals surface area (Å²) in [5, 5.41) is 6.68. The molecule has 1 unspecified atom stereocenters. The quantitative estimate of drug-likeness (QED) is 0.678. The van der Waals surface area contributed by atoms with Crippen molar-refractivity contribution in [2.75, 3.05) is 0 Å². The Labute approximate surface area is 81.6 Å². The molecule has 1 aromatic heterocycles. The molecule has 0 fully saturated rings. The molecule has 3 N–H and O–H groups in total. The van der Waals surface area contributed by atoms with Gasteiger partial charge >= 0.3 is 0 Å². The second-order valence-electron chi connectivity index (χ2n) is 3.55. The summed E-state index contributed by atoms with van der Waals surface area (Å²) >= 11 is 0. The van der Waals surface area contributed by atoms with Crippen LogP contribution in [0.5, 0.6) is 0 Å². The van der Waals surface area contributed by atoms with Gasteiger partial charge in [-0.3, -0.25) is 9.89 Å². The van der Waals surface area contributed by atoms with Crippen molar-refractivity contribution in [3.63, 3.8) is 0 Å². The molecule has 2 rings (SSSR count). The Morgan fingerprint density at radius 3 is 3.21 bits per heavy atom. The van der Waals surface area contributed by atoms with Crippen molar-refractivity contribution in [1.29, 1.82) is 0 Å². The highest BCUT2D eigenvalue weighted by Gasteiger charge is 2.21. The summed E-state index contributed by atoms with van der Waals surface area (Å²) in [5.41, 5.74) is 7.36. The number of amides is 1. The molecule has 1 amide bonds. The monoisotopic (exact) mass is 195 g/mol. The maximum absolute atomic E-state index is 11.0. The average molecular weight is 195 g/mol. The van der Waals surface area contributed by atoms with Crippen LogP contribution < -0.4 is 5.73 Å². The summed E-state index contributed by atoms with van der Waals surface area (Å²) in [7, 11) is 0. The van der Waals surface area contributed by atoms with Crippen LogP contribution in [-0.2, 0) is 17.8 Å². The number of hydrogen-bond donors (Lipinski definition) is 2. The maximum atomic E-state index is 11.0. The number of hydrogen-bond acceptors (Lipinski definition) is 3. The molecule has 0 saturated heterocycles. The third kappa shape index (κ3) is 1.50. The minimum Gasteiger partial charge on any atom is -0.372 e. The topological polar surface area (TPSA) is 81.0 Å². The summed E-state index contributed by atoms with van der Waals surface area (Å²) in [6, 6.07) is 0. The van der Waals surface area contributed by atoms with Gasteiger partial charge in [0.05, 0.1) is 18.4 Å². The first-order valence-corrected chi connectivity index (χ1v) is 4.66. The Balaban J connectivity index is 2.33. The fourth-order valence-corrected chi connectivity index (χ4v) is 1.65. The number of carbonyl (C=O) groups is 1. The van der Waals surface area contributed by atoms with Gasteiger partial charge in [-0.25, -0.2) is 0 Å². The van der Waals surface area contributed by atoms with Crippen LogP contribution in [0.2, 0.25) is 0 Å². The van der Waals surface area contributed by atoms with Crippen molar-refractivity contribution in [1.82, 2.24) is 10.2 Å². The second kappa shape index (κ2) is 3.42. The molecular formula is C9H13N3O2. The van der Waals surface area contributed by atoms with Crippen molar-refractivity contribution >= 4 is 5.91 Å². The van der Waals surface area contributed by atoms with Gasteiger partial charge in [0.1, 0.15) is 0 Å². The predicted molar refractivity (Wildman–Crippen MR) is 49.7 cm³/mol. The number of nitrogens with two attached hydrogens (primary N) is 1. The number of nitrogens with zero attached hydrogens (tertiary/aromatic N) is 1. The zero-order valence-electron chi connectivity index (χ0n) is 8.04. The lowest BCUT2D eigenvalue weighted by molar-refractivity contribution is 0.0516. The minimum atomic E-state index is -0.475. The normalized spacial score (nSPS) is 21.4. The van der Waals surface area contributed by atoms with Crippen LogP contribution >= 0.6 is 0 Å². The highest BCUT2D eigenvalue weighted by Crippen LogP contribution is 2.20. The summed E-state index contributed by atoms with van der Waals surface area (Å²) in [6.07, 6.45) is 1.91. The fraction of sp³-hybridized carbons (Fsp3) is 0.556. The van der Waals surface area contributed by atoms with Gasteiger partial charge in [-0.05, 0) is 19.8 Å². The number of H-pyrrole nitrogens is 1. The van der Waals surface area contributed by atoms with E-state index in [4.69, 9.17) is 10.5 Å². The van der Waals surface area contributed by atoms with Crippen LogP contribution in [-0.4, -0.2) is 22.2 Å². The Morgan fingerprint density at radius 2 is 2.50 bits per heavy atom. The Bertz CT molecular complexity index is 359. The molecule has 0 aliphatic carbocycles. The molecule has 1 aliphatic heterocycles. The van der Waals surface area contributed by atoms with Crippen LogP contribution in [0.1, 0.15) is 35.1 Å². The van der Waals surface area contributed by atoms with Gasteiger partial charge < -0.3 is 10.5 Å². The van der Waals surface area contributed by atoms with E-state index in [1.165, 1.54) is 0 Å². The summed E-state index contributed by atoms with van der Waals surface area (Å²) in [6.45, 7) is 2.50. The second-order valence-corrected chi connectivity index (χ2v) is 3.55. The zero-order chi connectivity index (χ0) is 10.1. The minimum absolute atomic E-state index is 0.219. The van der Waals surface area contributed by atoms with Gasteiger partial charge in [-0.15, -0.1) is 0 Å². The van der Waals surface area contributed by atoms with Crippen molar-refractivity contribution in [3.8, 4) is 0 Å². The van der Waals surface area contributed by atoms with Crippen molar-refractivity contribution in [2.24, 2.45) is 5.73 Å². The van der Waals surface area contributed by atoms with E-state index in [9.17, 15) is 4.79 Å². The van der Waals surface area contributed by atoms with E-state index in [0.717, 1.165) is 24.1 Å². The van der Waals surface area contributed by atoms with Crippen LogP contribution in [0, 0.1) is 0 Å². The van der Waals surface area contributed by atoms with Crippen LogP contribution in [0.3, 0.4) is 0 Å². The predicted octanol–water partition coefficient (Wildman–Crippen LogP) is 0.360. The van der Waals surface area contributed by atoms with Gasteiger partial charge in [0.25, 0.3) is 5.91 Å². The summed E-state index contributed by atoms with van der Waals surface area (Å²) < 4.78 is 5.50. The van der Waals surface area contributed by atoms with Crippen molar-refractivity contribution < 1.29 is 9.53 Å². The van der Waals surface area contributed by atoms with Crippen LogP contribution in [0.4, 0.5) is 0 Å². The molecule has 1 aliphatic rings. The molecule has 0 spiro atoms. The molecule has 76 valence electrons. The molecule has 0 aromatic carbocycles. The first kappa shape index (κ1) is 9.21. The molecule has 0 radical (unpaired) electrons. The molecule has 0 saturated carbocycles. The van der Waals surface area contributed by atoms with Gasteiger partial charge in [-0.2, -0.15) is 5.10 Å². The summed E-state index contributed by atoms with van der Waals surface area (Å²) in [5.74, 6) is -0.475. The largest absolute Gasteiger partial charge is 0.372 e. The molecule has 14 heavy (non-hydrogen) atoms. The first-order chi connectivity index (χ1) is 6.68. The Morgan fingerprint density at radius 1 is 1.71 bits per heavy atom. The number of primary amides is 1. The number of rotatable bonds is 1. The van der Waals surface area contributed by atoms with E-state index in [2.05, 4.69) is 10.2 Å². The Hall–Kier alpha value is -1.36. The number of aromatic nitrogens is 2. The van der Waals surface area contributed by atoms with E-state index in [1.807, 2.05) is 6.92 Å². The average Bonchev–Trinajstić information content (AvgIpc) is 2.46. The molecule has 1 aromatic rings. The fourth-order valence-electron chi connectivity index (χ4n) is 1.65. The molecule has 5 heteroatoms. The van der Waals surface area contributed by atoms with E-state index >= 15 is 0 Å². The van der Waals surface area contributed by atoms with Gasteiger partial charge in [-0.1, -0.05) is 0 Å². The standard InChI is InChI=1S/C9H13N3O2/c1-5-2-3-6-7(4-14-5)11-12-8(6)9(10)13/h5H,2-4H2,1H3,(H2,10,13)(H,11,12). The number of fused-ring (bicyclic) bond motifs is 1. The summed E-state index contributed by atoms with van der Waals surface area (Å²) in [4.78, 5) is 11.0. The van der Waals surface area contributed by atoms with E-state index in [1.54, 1.807) is 0 Å². The Kier molecular flexibility index (Phi) is 2.25. The number of nitrogens with one attached hydrogen (secondary N) is 1. The van der Waals surface area contributed by atoms with Gasteiger partial charge in [0.15, 0.2) is 5.69 Å². The number of ether oxygens (including phenoxy) is 1. The third-order valence-corrected chi connectivity index (χ3v) is 2.50. The lowest BCUT2D eigenvalue weighted by Gasteiger charge is -2.06. The third-order valence-electron chi connectivity index (χ3n) is 2.50. The van der Waals surface area contributed by atoms with Crippen LogP contribution in [0.15, 0.2) is 0 Å². The molecule has 5 nitrogen and oxygen atoms in total. The molecule has 0 bridgehead atoms. The number of aromatic amines is 1. The SMILES string of the molecule is CC1CCc2c(C(N)=O)n[nH]c2CO1. The highest BCUT2D eigenvalue weighted by molar-refractivity contribution is 5.92. The van der Waals surface area contributed by atoms with E-state index in [-0.39, 0.29) is 6.10 Å². The molecule has 1 atom stereocenters. The van der Waals surface area contributed by atoms with E-state index in [0.29, 0.717) is 12.3 Å². The first-order valence-electron chi connectivity index (χ1n) is 4.66. The maximum Gasteiger partial charge on any atom is 0.269 e. The molecule has 2 heterocycles. The van der Waals surface area contributed by atoms with E-state index < -0.39 is 5.91 Å². The van der Waals surface area contributed by atoms with Crippen molar-refractivity contribution in [2.45, 2.75) is 32.5 Å². The van der Waals surface area contributed by atoms with Gasteiger partial charge in [0, 0.05) is 5.56 Å².